The molecule has 0 unspecified atom stereocenters. The van der Waals surface area contributed by atoms with Crippen LogP contribution >= 0.6 is 0 Å². The van der Waals surface area contributed by atoms with Crippen molar-refractivity contribution >= 4 is 5.91 Å². The highest BCUT2D eigenvalue weighted by molar-refractivity contribution is 5.78. The highest BCUT2D eigenvalue weighted by atomic mass is 16.5. The third-order valence-electron chi connectivity index (χ3n) is 5.71. The summed E-state index contributed by atoms with van der Waals surface area (Å²) in [6.07, 6.45) is 2.08. The lowest BCUT2D eigenvalue weighted by molar-refractivity contribution is -0.128. The van der Waals surface area contributed by atoms with E-state index in [4.69, 9.17) is 9.47 Å². The van der Waals surface area contributed by atoms with Gasteiger partial charge in [-0.25, -0.2) is 0 Å². The molecule has 4 rings (SSSR count). The molecular formula is C19H26N2O3. The zero-order chi connectivity index (χ0) is 16.5. The van der Waals surface area contributed by atoms with Crippen molar-refractivity contribution in [2.75, 3.05) is 39.9 Å². The van der Waals surface area contributed by atoms with Crippen molar-refractivity contribution in [3.05, 3.63) is 29.8 Å². The van der Waals surface area contributed by atoms with Crippen LogP contribution < -0.4 is 4.74 Å². The first-order valence-electron chi connectivity index (χ1n) is 8.97. The van der Waals surface area contributed by atoms with Crippen LogP contribution in [0.4, 0.5) is 0 Å². The Hall–Kier alpha value is -1.59. The standard InChI is InChI=1S/C19H26N2O3/c1-23-16-6-4-14(5-7-16)9-20-11-17-15(13-24-18(17)12-20)10-21-8-2-3-19(21)22/h4-7,15,17-18H,2-3,8-13H2,1H3/t15-,17-,18-/m0/s1. The van der Waals surface area contributed by atoms with Crippen molar-refractivity contribution in [2.24, 2.45) is 11.8 Å². The molecule has 1 amide bonds. The van der Waals surface area contributed by atoms with Gasteiger partial charge in [0.05, 0.1) is 19.8 Å². The Morgan fingerprint density at radius 3 is 2.79 bits per heavy atom. The van der Waals surface area contributed by atoms with Crippen LogP contribution in [0.25, 0.3) is 0 Å². The van der Waals surface area contributed by atoms with Gasteiger partial charge in [-0.15, -0.1) is 0 Å². The Kier molecular flexibility index (Phi) is 4.46. The maximum absolute atomic E-state index is 11.9. The van der Waals surface area contributed by atoms with Crippen LogP contribution in [0.2, 0.25) is 0 Å². The van der Waals surface area contributed by atoms with Gasteiger partial charge in [0.1, 0.15) is 5.75 Å². The first-order chi connectivity index (χ1) is 11.7. The smallest absolute Gasteiger partial charge is 0.222 e. The summed E-state index contributed by atoms with van der Waals surface area (Å²) < 4.78 is 11.3. The Balaban J connectivity index is 1.34. The number of benzene rings is 1. The average molecular weight is 330 g/mol. The van der Waals surface area contributed by atoms with Crippen molar-refractivity contribution in [1.82, 2.24) is 9.80 Å². The molecule has 0 spiro atoms. The minimum atomic E-state index is 0.325. The molecule has 0 bridgehead atoms. The number of methoxy groups -OCH3 is 1. The third-order valence-corrected chi connectivity index (χ3v) is 5.71. The van der Waals surface area contributed by atoms with Gasteiger partial charge in [0.15, 0.2) is 0 Å². The van der Waals surface area contributed by atoms with Crippen LogP contribution in [-0.2, 0) is 16.1 Å². The zero-order valence-electron chi connectivity index (χ0n) is 14.3. The number of ether oxygens (including phenoxy) is 2. The maximum Gasteiger partial charge on any atom is 0.222 e. The predicted octanol–water partition coefficient (Wildman–Crippen LogP) is 1.76. The zero-order valence-corrected chi connectivity index (χ0v) is 14.3. The molecule has 3 fully saturated rings. The van der Waals surface area contributed by atoms with E-state index in [1.165, 1.54) is 5.56 Å². The van der Waals surface area contributed by atoms with E-state index in [9.17, 15) is 4.79 Å². The Morgan fingerprint density at radius 1 is 1.25 bits per heavy atom. The van der Waals surface area contributed by atoms with E-state index in [0.717, 1.165) is 57.9 Å². The van der Waals surface area contributed by atoms with Gasteiger partial charge in [-0.05, 0) is 24.1 Å². The van der Waals surface area contributed by atoms with Gasteiger partial charge in [0.2, 0.25) is 5.91 Å². The summed E-state index contributed by atoms with van der Waals surface area (Å²) in [6.45, 7) is 5.66. The minimum absolute atomic E-state index is 0.325. The van der Waals surface area contributed by atoms with E-state index < -0.39 is 0 Å². The molecule has 3 atom stereocenters. The van der Waals surface area contributed by atoms with E-state index in [0.29, 0.717) is 23.8 Å². The second-order valence-electron chi connectivity index (χ2n) is 7.28. The number of hydrogen-bond donors (Lipinski definition) is 0. The van der Waals surface area contributed by atoms with Gasteiger partial charge in [-0.3, -0.25) is 9.69 Å². The van der Waals surface area contributed by atoms with E-state index in [1.807, 2.05) is 17.0 Å². The Labute approximate surface area is 143 Å². The molecule has 5 nitrogen and oxygen atoms in total. The molecule has 3 aliphatic rings. The summed E-state index contributed by atoms with van der Waals surface area (Å²) in [5.74, 6) is 2.29. The number of amides is 1. The minimum Gasteiger partial charge on any atom is -0.497 e. The molecule has 1 aromatic rings. The van der Waals surface area contributed by atoms with E-state index >= 15 is 0 Å². The van der Waals surface area contributed by atoms with Crippen molar-refractivity contribution in [3.8, 4) is 5.75 Å². The molecule has 24 heavy (non-hydrogen) atoms. The molecule has 3 aliphatic heterocycles. The molecule has 3 heterocycles. The van der Waals surface area contributed by atoms with E-state index in [2.05, 4.69) is 17.0 Å². The molecule has 0 radical (unpaired) electrons. The molecule has 5 heteroatoms. The molecule has 1 aromatic carbocycles. The van der Waals surface area contributed by atoms with Crippen LogP contribution in [0.5, 0.6) is 5.75 Å². The number of fused-ring (bicyclic) bond motifs is 1. The number of nitrogens with zero attached hydrogens (tertiary/aromatic N) is 2. The fourth-order valence-electron chi connectivity index (χ4n) is 4.37. The van der Waals surface area contributed by atoms with Crippen molar-refractivity contribution in [3.63, 3.8) is 0 Å². The summed E-state index contributed by atoms with van der Waals surface area (Å²) in [4.78, 5) is 16.4. The van der Waals surface area contributed by atoms with E-state index in [1.54, 1.807) is 7.11 Å². The second-order valence-corrected chi connectivity index (χ2v) is 7.28. The molecule has 0 N–H and O–H groups in total. The highest BCUT2D eigenvalue weighted by Crippen LogP contribution is 2.35. The fourth-order valence-corrected chi connectivity index (χ4v) is 4.37. The molecule has 0 saturated carbocycles. The lowest BCUT2D eigenvalue weighted by Crippen LogP contribution is -2.35. The molecule has 0 aromatic heterocycles. The van der Waals surface area contributed by atoms with Gasteiger partial charge in [0.25, 0.3) is 0 Å². The lowest BCUT2D eigenvalue weighted by Gasteiger charge is -2.24. The van der Waals surface area contributed by atoms with Crippen LogP contribution in [0.1, 0.15) is 18.4 Å². The SMILES string of the molecule is COc1ccc(CN2C[C@H]3[C@@H](CN4CCCC4=O)CO[C@H]3C2)cc1. The quantitative estimate of drug-likeness (QED) is 0.825. The number of carbonyl (C=O) groups excluding carboxylic acids is 1. The number of hydrogen-bond acceptors (Lipinski definition) is 4. The van der Waals surface area contributed by atoms with Gasteiger partial charge >= 0.3 is 0 Å². The lowest BCUT2D eigenvalue weighted by atomic mass is 9.93. The molecule has 3 saturated heterocycles. The first kappa shape index (κ1) is 15.9. The van der Waals surface area contributed by atoms with Crippen LogP contribution in [0, 0.1) is 11.8 Å². The Bertz CT molecular complexity index is 589. The first-order valence-corrected chi connectivity index (χ1v) is 8.97. The molecule has 130 valence electrons. The predicted molar refractivity (Wildman–Crippen MR) is 90.8 cm³/mol. The largest absolute Gasteiger partial charge is 0.497 e. The van der Waals surface area contributed by atoms with Crippen molar-refractivity contribution in [2.45, 2.75) is 25.5 Å². The van der Waals surface area contributed by atoms with Gasteiger partial charge in [-0.2, -0.15) is 0 Å². The normalized spacial score (nSPS) is 30.1. The summed E-state index contributed by atoms with van der Waals surface area (Å²) in [6, 6.07) is 8.30. The molecule has 0 aliphatic carbocycles. The molecular weight excluding hydrogens is 304 g/mol. The number of rotatable bonds is 5. The van der Waals surface area contributed by atoms with E-state index in [-0.39, 0.29) is 0 Å². The second kappa shape index (κ2) is 6.73. The number of carbonyl (C=O) groups is 1. The van der Waals surface area contributed by atoms with Gasteiger partial charge < -0.3 is 14.4 Å². The van der Waals surface area contributed by atoms with Gasteiger partial charge in [-0.1, -0.05) is 12.1 Å². The Morgan fingerprint density at radius 2 is 2.08 bits per heavy atom. The van der Waals surface area contributed by atoms with Crippen LogP contribution in [0.3, 0.4) is 0 Å². The fraction of sp³-hybridized carbons (Fsp3) is 0.632. The summed E-state index contributed by atoms with van der Waals surface area (Å²) >= 11 is 0. The average Bonchev–Trinajstić information content (AvgIpc) is 3.27. The number of likely N-dealkylation sites (tertiary alicyclic amines) is 2. The van der Waals surface area contributed by atoms with Crippen molar-refractivity contribution < 1.29 is 14.3 Å². The van der Waals surface area contributed by atoms with Gasteiger partial charge in [0, 0.05) is 51.0 Å². The van der Waals surface area contributed by atoms with Crippen molar-refractivity contribution in [1.29, 1.82) is 0 Å². The summed E-state index contributed by atoms with van der Waals surface area (Å²) in [5.41, 5.74) is 1.31. The van der Waals surface area contributed by atoms with Crippen LogP contribution in [-0.4, -0.2) is 61.7 Å². The summed E-state index contributed by atoms with van der Waals surface area (Å²) in [7, 11) is 1.69. The monoisotopic (exact) mass is 330 g/mol. The topological polar surface area (TPSA) is 42.0 Å². The highest BCUT2D eigenvalue weighted by Gasteiger charge is 2.44. The summed E-state index contributed by atoms with van der Waals surface area (Å²) in [5, 5.41) is 0. The third kappa shape index (κ3) is 3.15. The van der Waals surface area contributed by atoms with Crippen LogP contribution in [0.15, 0.2) is 24.3 Å². The maximum atomic E-state index is 11.9.